The molecule has 0 unspecified atom stereocenters. The molecule has 0 fully saturated rings. The number of hydrogen-bond acceptors (Lipinski definition) is 4. The maximum absolute atomic E-state index is 11.3. The molecule has 25 heavy (non-hydrogen) atoms. The first-order valence-corrected chi connectivity index (χ1v) is 10.0. The number of carbonyl (C=O) groups excluding carboxylic acids is 1. The third-order valence-corrected chi connectivity index (χ3v) is 4.48. The molecule has 5 nitrogen and oxygen atoms in total. The van der Waals surface area contributed by atoms with E-state index in [9.17, 15) is 14.7 Å². The second-order valence-electron chi connectivity index (χ2n) is 6.97. The molecule has 0 spiro atoms. The van der Waals surface area contributed by atoms with E-state index in [1.807, 2.05) is 0 Å². The van der Waals surface area contributed by atoms with Gasteiger partial charge in [0, 0.05) is 13.3 Å². The van der Waals surface area contributed by atoms with Crippen LogP contribution in [-0.2, 0) is 14.3 Å². The predicted molar refractivity (Wildman–Crippen MR) is 99.5 cm³/mol. The van der Waals surface area contributed by atoms with Crippen molar-refractivity contribution < 1.29 is 24.5 Å². The average molecular weight is 359 g/mol. The van der Waals surface area contributed by atoms with Gasteiger partial charge < -0.3 is 14.9 Å². The molecule has 0 radical (unpaired) electrons. The third-order valence-electron chi connectivity index (χ3n) is 4.48. The van der Waals surface area contributed by atoms with Gasteiger partial charge in [-0.3, -0.25) is 9.59 Å². The fraction of sp³-hybridized carbons (Fsp3) is 0.900. The van der Waals surface area contributed by atoms with Gasteiger partial charge in [0.15, 0.2) is 0 Å². The van der Waals surface area contributed by atoms with Crippen molar-refractivity contribution in [1.82, 2.24) is 0 Å². The van der Waals surface area contributed by atoms with Crippen LogP contribution in [0.4, 0.5) is 0 Å². The van der Waals surface area contributed by atoms with E-state index >= 15 is 0 Å². The number of ether oxygens (including phenoxy) is 1. The SMILES string of the molecule is CCCCCCCC[C@H](O)[C@H](CCCCCCCC(=O)O)OC(C)=O. The summed E-state index contributed by atoms with van der Waals surface area (Å²) in [6.07, 6.45) is 12.1. The summed E-state index contributed by atoms with van der Waals surface area (Å²) in [6.45, 7) is 3.58. The molecule has 0 aromatic heterocycles. The van der Waals surface area contributed by atoms with Crippen LogP contribution in [0.25, 0.3) is 0 Å². The molecule has 0 saturated heterocycles. The van der Waals surface area contributed by atoms with Crippen molar-refractivity contribution in [2.75, 3.05) is 0 Å². The summed E-state index contributed by atoms with van der Waals surface area (Å²) >= 11 is 0. The van der Waals surface area contributed by atoms with Gasteiger partial charge in [-0.05, 0) is 25.7 Å². The van der Waals surface area contributed by atoms with Gasteiger partial charge in [0.05, 0.1) is 6.10 Å². The molecule has 0 heterocycles. The quantitative estimate of drug-likeness (QED) is 0.287. The molecule has 148 valence electrons. The number of unbranched alkanes of at least 4 members (excludes halogenated alkanes) is 9. The Bertz CT molecular complexity index is 343. The molecule has 2 atom stereocenters. The number of hydrogen-bond donors (Lipinski definition) is 2. The monoisotopic (exact) mass is 358 g/mol. The van der Waals surface area contributed by atoms with Crippen LogP contribution in [0.1, 0.15) is 104 Å². The molecule has 0 saturated carbocycles. The first-order chi connectivity index (χ1) is 12.0. The van der Waals surface area contributed by atoms with Crippen LogP contribution in [0, 0.1) is 0 Å². The lowest BCUT2D eigenvalue weighted by Crippen LogP contribution is -2.30. The molecule has 0 aliphatic carbocycles. The predicted octanol–water partition coefficient (Wildman–Crippen LogP) is 4.84. The van der Waals surface area contributed by atoms with Crippen LogP contribution in [-0.4, -0.2) is 34.4 Å². The highest BCUT2D eigenvalue weighted by Gasteiger charge is 2.21. The number of aliphatic carboxylic acids is 1. The maximum atomic E-state index is 11.3. The lowest BCUT2D eigenvalue weighted by atomic mass is 9.99. The highest BCUT2D eigenvalue weighted by molar-refractivity contribution is 5.66. The van der Waals surface area contributed by atoms with E-state index in [1.165, 1.54) is 32.6 Å². The van der Waals surface area contributed by atoms with Crippen molar-refractivity contribution in [3.8, 4) is 0 Å². The van der Waals surface area contributed by atoms with Crippen LogP contribution in [0.5, 0.6) is 0 Å². The van der Waals surface area contributed by atoms with Gasteiger partial charge in [0.1, 0.15) is 6.10 Å². The summed E-state index contributed by atoms with van der Waals surface area (Å²) in [5, 5.41) is 18.9. The van der Waals surface area contributed by atoms with E-state index in [-0.39, 0.29) is 12.4 Å². The Labute approximate surface area is 153 Å². The fourth-order valence-electron chi connectivity index (χ4n) is 3.01. The van der Waals surface area contributed by atoms with Gasteiger partial charge in [0.25, 0.3) is 0 Å². The lowest BCUT2D eigenvalue weighted by Gasteiger charge is -2.22. The van der Waals surface area contributed by atoms with Crippen LogP contribution >= 0.6 is 0 Å². The number of aliphatic hydroxyl groups is 1. The Balaban J connectivity index is 3.89. The molecule has 0 aromatic rings. The van der Waals surface area contributed by atoms with Crippen molar-refractivity contribution >= 4 is 11.9 Å². The zero-order valence-electron chi connectivity index (χ0n) is 16.2. The van der Waals surface area contributed by atoms with Crippen molar-refractivity contribution in [1.29, 1.82) is 0 Å². The minimum absolute atomic E-state index is 0.229. The Hall–Kier alpha value is -1.10. The Morgan fingerprint density at radius 1 is 0.840 bits per heavy atom. The Kier molecular flexibility index (Phi) is 15.7. The first kappa shape index (κ1) is 23.9. The van der Waals surface area contributed by atoms with E-state index in [0.717, 1.165) is 38.5 Å². The molecular formula is C20H38O5. The maximum Gasteiger partial charge on any atom is 0.303 e. The number of aliphatic hydroxyl groups excluding tert-OH is 1. The summed E-state index contributed by atoms with van der Waals surface area (Å²) in [4.78, 5) is 21.7. The highest BCUT2D eigenvalue weighted by atomic mass is 16.6. The molecule has 2 N–H and O–H groups in total. The summed E-state index contributed by atoms with van der Waals surface area (Å²) in [5.74, 6) is -1.08. The first-order valence-electron chi connectivity index (χ1n) is 10.0. The summed E-state index contributed by atoms with van der Waals surface area (Å²) in [6, 6.07) is 0. The van der Waals surface area contributed by atoms with Crippen molar-refractivity contribution in [2.24, 2.45) is 0 Å². The number of esters is 1. The van der Waals surface area contributed by atoms with Crippen molar-refractivity contribution in [3.05, 3.63) is 0 Å². The van der Waals surface area contributed by atoms with Gasteiger partial charge in [0.2, 0.25) is 0 Å². The van der Waals surface area contributed by atoms with Crippen LogP contribution in [0.15, 0.2) is 0 Å². The van der Waals surface area contributed by atoms with Gasteiger partial charge in [-0.25, -0.2) is 0 Å². The van der Waals surface area contributed by atoms with E-state index < -0.39 is 18.2 Å². The second kappa shape index (κ2) is 16.4. The minimum atomic E-state index is -0.743. The van der Waals surface area contributed by atoms with E-state index in [1.54, 1.807) is 0 Å². The zero-order valence-corrected chi connectivity index (χ0v) is 16.2. The summed E-state index contributed by atoms with van der Waals surface area (Å²) in [5.41, 5.74) is 0. The van der Waals surface area contributed by atoms with Crippen molar-refractivity contribution in [3.63, 3.8) is 0 Å². The number of carbonyl (C=O) groups is 2. The Morgan fingerprint density at radius 3 is 1.92 bits per heavy atom. The smallest absolute Gasteiger partial charge is 0.303 e. The molecule has 0 aliphatic heterocycles. The molecule has 5 heteroatoms. The zero-order chi connectivity index (χ0) is 18.9. The largest absolute Gasteiger partial charge is 0.481 e. The van der Waals surface area contributed by atoms with Crippen LogP contribution < -0.4 is 0 Å². The Morgan fingerprint density at radius 2 is 1.36 bits per heavy atom. The average Bonchev–Trinajstić information content (AvgIpc) is 2.55. The topological polar surface area (TPSA) is 83.8 Å². The van der Waals surface area contributed by atoms with E-state index in [4.69, 9.17) is 9.84 Å². The molecule has 0 aliphatic rings. The molecule has 0 rings (SSSR count). The molecular weight excluding hydrogens is 320 g/mol. The molecule has 0 bridgehead atoms. The van der Waals surface area contributed by atoms with E-state index in [2.05, 4.69) is 6.92 Å². The molecule has 0 amide bonds. The van der Waals surface area contributed by atoms with E-state index in [0.29, 0.717) is 19.3 Å². The second-order valence-corrected chi connectivity index (χ2v) is 6.97. The van der Waals surface area contributed by atoms with Crippen LogP contribution in [0.3, 0.4) is 0 Å². The normalized spacial score (nSPS) is 13.4. The highest BCUT2D eigenvalue weighted by Crippen LogP contribution is 2.17. The standard InChI is InChI=1S/C20H38O5/c1-3-4-5-6-8-11-14-18(22)19(25-17(2)21)15-12-9-7-10-13-16-20(23)24/h18-19,22H,3-16H2,1-2H3,(H,23,24)/t18-,19-/m0/s1. The number of rotatable bonds is 17. The van der Waals surface area contributed by atoms with Gasteiger partial charge >= 0.3 is 11.9 Å². The number of carboxylic acids is 1. The van der Waals surface area contributed by atoms with Gasteiger partial charge in [-0.2, -0.15) is 0 Å². The lowest BCUT2D eigenvalue weighted by molar-refractivity contribution is -0.153. The van der Waals surface area contributed by atoms with Gasteiger partial charge in [-0.15, -0.1) is 0 Å². The van der Waals surface area contributed by atoms with Crippen LogP contribution in [0.2, 0.25) is 0 Å². The fourth-order valence-corrected chi connectivity index (χ4v) is 3.01. The summed E-state index contributed by atoms with van der Waals surface area (Å²) < 4.78 is 5.30. The molecule has 0 aromatic carbocycles. The van der Waals surface area contributed by atoms with Gasteiger partial charge in [-0.1, -0.05) is 64.7 Å². The third kappa shape index (κ3) is 16.1. The number of carboxylic acid groups (broad SMARTS) is 1. The summed E-state index contributed by atoms with van der Waals surface area (Å²) in [7, 11) is 0. The minimum Gasteiger partial charge on any atom is -0.481 e. The van der Waals surface area contributed by atoms with Crippen molar-refractivity contribution in [2.45, 2.75) is 116 Å².